The van der Waals surface area contributed by atoms with Gasteiger partial charge in [0.25, 0.3) is 5.91 Å². The van der Waals surface area contributed by atoms with Gasteiger partial charge in [0.1, 0.15) is 5.82 Å². The zero-order chi connectivity index (χ0) is 16.5. The summed E-state index contributed by atoms with van der Waals surface area (Å²) >= 11 is 0. The van der Waals surface area contributed by atoms with Crippen molar-refractivity contribution in [3.63, 3.8) is 0 Å². The van der Waals surface area contributed by atoms with Crippen LogP contribution in [0.1, 0.15) is 15.9 Å². The first kappa shape index (κ1) is 16.9. The van der Waals surface area contributed by atoms with Crippen LogP contribution in [-0.4, -0.2) is 42.4 Å². The topological polar surface area (TPSA) is 83.5 Å². The molecule has 122 valence electrons. The van der Waals surface area contributed by atoms with Crippen LogP contribution in [-0.2, 0) is 4.74 Å². The molecule has 6 nitrogen and oxygen atoms in total. The first-order chi connectivity index (χ1) is 11.2. The number of ether oxygens (including phenoxy) is 1. The summed E-state index contributed by atoms with van der Waals surface area (Å²) in [6, 6.07) is 11.0. The second-order valence-electron chi connectivity index (χ2n) is 4.96. The molecular weight excluding hydrogens is 294 g/mol. The van der Waals surface area contributed by atoms with Gasteiger partial charge in [-0.2, -0.15) is 0 Å². The van der Waals surface area contributed by atoms with E-state index in [1.165, 1.54) is 0 Å². The highest BCUT2D eigenvalue weighted by molar-refractivity contribution is 6.05. The summed E-state index contributed by atoms with van der Waals surface area (Å²) < 4.78 is 5.14. The van der Waals surface area contributed by atoms with Crippen LogP contribution >= 0.6 is 0 Å². The molecule has 1 aromatic carbocycles. The Hall–Kier alpha value is -2.44. The largest absolute Gasteiger partial charge is 0.394 e. The van der Waals surface area contributed by atoms with Gasteiger partial charge in [0.05, 0.1) is 31.7 Å². The third kappa shape index (κ3) is 5.36. The SMILES string of the molecule is Cc1ccccc1C(=O)Nc1ccc(NCCOCCO)nc1. The molecule has 0 aliphatic carbocycles. The van der Waals surface area contributed by atoms with Crippen LogP contribution in [0.5, 0.6) is 0 Å². The van der Waals surface area contributed by atoms with E-state index in [1.807, 2.05) is 25.1 Å². The molecule has 6 heteroatoms. The van der Waals surface area contributed by atoms with Gasteiger partial charge in [-0.3, -0.25) is 4.79 Å². The summed E-state index contributed by atoms with van der Waals surface area (Å²) in [4.78, 5) is 16.4. The van der Waals surface area contributed by atoms with Crippen molar-refractivity contribution in [1.29, 1.82) is 0 Å². The molecule has 1 amide bonds. The number of pyridine rings is 1. The minimum absolute atomic E-state index is 0.0214. The molecular formula is C17H21N3O3. The molecule has 1 heterocycles. The summed E-state index contributed by atoms with van der Waals surface area (Å²) in [5.74, 6) is 0.550. The van der Waals surface area contributed by atoms with Crippen LogP contribution in [0.2, 0.25) is 0 Å². The van der Waals surface area contributed by atoms with Crippen molar-refractivity contribution >= 4 is 17.4 Å². The fraction of sp³-hybridized carbons (Fsp3) is 0.294. The lowest BCUT2D eigenvalue weighted by atomic mass is 10.1. The standard InChI is InChI=1S/C17H21N3O3/c1-13-4-2-3-5-15(13)17(22)20-14-6-7-16(19-12-14)18-8-10-23-11-9-21/h2-7,12,21H,8-11H2,1H3,(H,18,19)(H,20,22). The molecule has 0 radical (unpaired) electrons. The Morgan fingerprint density at radius 1 is 1.22 bits per heavy atom. The van der Waals surface area contributed by atoms with Gasteiger partial charge in [-0.05, 0) is 30.7 Å². The monoisotopic (exact) mass is 315 g/mol. The lowest BCUT2D eigenvalue weighted by Gasteiger charge is -2.09. The number of carbonyl (C=O) groups excluding carboxylic acids is 1. The van der Waals surface area contributed by atoms with Crippen molar-refractivity contribution in [3.05, 3.63) is 53.7 Å². The Labute approximate surface area is 135 Å². The number of aliphatic hydroxyl groups excluding tert-OH is 1. The molecule has 0 aliphatic rings. The third-order valence-electron chi connectivity index (χ3n) is 3.20. The van der Waals surface area contributed by atoms with Gasteiger partial charge in [-0.25, -0.2) is 4.98 Å². The van der Waals surface area contributed by atoms with Crippen molar-refractivity contribution in [2.75, 3.05) is 37.0 Å². The first-order valence-corrected chi connectivity index (χ1v) is 7.46. The van der Waals surface area contributed by atoms with Crippen molar-refractivity contribution in [3.8, 4) is 0 Å². The second-order valence-corrected chi connectivity index (χ2v) is 4.96. The Morgan fingerprint density at radius 2 is 2.04 bits per heavy atom. The van der Waals surface area contributed by atoms with E-state index in [4.69, 9.17) is 9.84 Å². The van der Waals surface area contributed by atoms with Crippen LogP contribution in [0.4, 0.5) is 11.5 Å². The quantitative estimate of drug-likeness (QED) is 0.650. The smallest absolute Gasteiger partial charge is 0.255 e. The van der Waals surface area contributed by atoms with Gasteiger partial charge in [0.15, 0.2) is 0 Å². The number of amides is 1. The van der Waals surface area contributed by atoms with Gasteiger partial charge >= 0.3 is 0 Å². The number of nitrogens with one attached hydrogen (secondary N) is 2. The van der Waals surface area contributed by atoms with Crippen molar-refractivity contribution in [2.45, 2.75) is 6.92 Å². The van der Waals surface area contributed by atoms with E-state index >= 15 is 0 Å². The molecule has 0 aliphatic heterocycles. The third-order valence-corrected chi connectivity index (χ3v) is 3.20. The molecule has 0 unspecified atom stereocenters. The second kappa shape index (κ2) is 8.87. The van der Waals surface area contributed by atoms with E-state index in [0.717, 1.165) is 5.56 Å². The Kier molecular flexibility index (Phi) is 6.53. The number of aromatic nitrogens is 1. The van der Waals surface area contributed by atoms with E-state index in [2.05, 4.69) is 15.6 Å². The molecule has 23 heavy (non-hydrogen) atoms. The summed E-state index contributed by atoms with van der Waals surface area (Å²) in [6.45, 7) is 3.35. The number of aryl methyl sites for hydroxylation is 1. The number of hydrogen-bond donors (Lipinski definition) is 3. The molecule has 0 bridgehead atoms. The Balaban J connectivity index is 1.85. The maximum Gasteiger partial charge on any atom is 0.255 e. The lowest BCUT2D eigenvalue weighted by molar-refractivity contribution is 0.0992. The van der Waals surface area contributed by atoms with Gasteiger partial charge in [-0.15, -0.1) is 0 Å². The maximum absolute atomic E-state index is 12.2. The van der Waals surface area contributed by atoms with E-state index in [-0.39, 0.29) is 12.5 Å². The molecule has 2 rings (SSSR count). The van der Waals surface area contributed by atoms with Gasteiger partial charge in [-0.1, -0.05) is 18.2 Å². The molecule has 0 saturated carbocycles. The normalized spacial score (nSPS) is 10.3. The predicted octanol–water partition coefficient (Wildman–Crippen LogP) is 2.06. The van der Waals surface area contributed by atoms with Crippen LogP contribution in [0.3, 0.4) is 0 Å². The van der Waals surface area contributed by atoms with Crippen LogP contribution in [0.15, 0.2) is 42.6 Å². The lowest BCUT2D eigenvalue weighted by Crippen LogP contribution is -2.14. The van der Waals surface area contributed by atoms with Crippen molar-refractivity contribution in [2.24, 2.45) is 0 Å². The highest BCUT2D eigenvalue weighted by Gasteiger charge is 2.08. The number of aliphatic hydroxyl groups is 1. The minimum atomic E-state index is -0.150. The van der Waals surface area contributed by atoms with Gasteiger partial charge in [0.2, 0.25) is 0 Å². The first-order valence-electron chi connectivity index (χ1n) is 7.46. The number of carbonyl (C=O) groups is 1. The average molecular weight is 315 g/mol. The predicted molar refractivity (Wildman–Crippen MR) is 89.8 cm³/mol. The highest BCUT2D eigenvalue weighted by Crippen LogP contribution is 2.13. The van der Waals surface area contributed by atoms with E-state index in [1.54, 1.807) is 24.4 Å². The van der Waals surface area contributed by atoms with Crippen molar-refractivity contribution < 1.29 is 14.6 Å². The van der Waals surface area contributed by atoms with Crippen LogP contribution in [0.25, 0.3) is 0 Å². The summed E-state index contributed by atoms with van der Waals surface area (Å²) in [7, 11) is 0. The average Bonchev–Trinajstić information content (AvgIpc) is 2.56. The number of hydrogen-bond acceptors (Lipinski definition) is 5. The highest BCUT2D eigenvalue weighted by atomic mass is 16.5. The molecule has 0 spiro atoms. The molecule has 3 N–H and O–H groups in total. The molecule has 1 aromatic heterocycles. The fourth-order valence-corrected chi connectivity index (χ4v) is 2.02. The van der Waals surface area contributed by atoms with E-state index < -0.39 is 0 Å². The minimum Gasteiger partial charge on any atom is -0.394 e. The molecule has 0 saturated heterocycles. The molecule has 0 fully saturated rings. The van der Waals surface area contributed by atoms with Gasteiger partial charge < -0.3 is 20.5 Å². The number of nitrogens with zero attached hydrogens (tertiary/aromatic N) is 1. The molecule has 2 aromatic rings. The number of rotatable bonds is 8. The number of anilines is 2. The van der Waals surface area contributed by atoms with Crippen LogP contribution in [0, 0.1) is 6.92 Å². The summed E-state index contributed by atoms with van der Waals surface area (Å²) in [5.41, 5.74) is 2.22. The van der Waals surface area contributed by atoms with E-state index in [0.29, 0.717) is 36.8 Å². The summed E-state index contributed by atoms with van der Waals surface area (Å²) in [5, 5.41) is 14.5. The molecule has 0 atom stereocenters. The van der Waals surface area contributed by atoms with E-state index in [9.17, 15) is 4.79 Å². The zero-order valence-electron chi connectivity index (χ0n) is 13.1. The maximum atomic E-state index is 12.2. The van der Waals surface area contributed by atoms with Gasteiger partial charge in [0, 0.05) is 12.1 Å². The Morgan fingerprint density at radius 3 is 2.74 bits per heavy atom. The zero-order valence-corrected chi connectivity index (χ0v) is 13.1. The number of benzene rings is 1. The van der Waals surface area contributed by atoms with Crippen molar-refractivity contribution in [1.82, 2.24) is 4.98 Å². The van der Waals surface area contributed by atoms with Crippen LogP contribution < -0.4 is 10.6 Å². The Bertz CT molecular complexity index is 629. The fourth-order valence-electron chi connectivity index (χ4n) is 2.02. The summed E-state index contributed by atoms with van der Waals surface area (Å²) in [6.07, 6.45) is 1.60.